The zero-order valence-electron chi connectivity index (χ0n) is 16.2. The van der Waals surface area contributed by atoms with Crippen molar-refractivity contribution in [2.24, 2.45) is 0 Å². The molecule has 4 aromatic rings. The van der Waals surface area contributed by atoms with Crippen molar-refractivity contribution in [1.82, 2.24) is 15.3 Å². The molecular weight excluding hydrogens is 376 g/mol. The molecule has 0 bridgehead atoms. The summed E-state index contributed by atoms with van der Waals surface area (Å²) in [4.78, 5) is 32.0. The van der Waals surface area contributed by atoms with E-state index in [-0.39, 0.29) is 11.8 Å². The third-order valence-electron chi connectivity index (χ3n) is 4.69. The van der Waals surface area contributed by atoms with Gasteiger partial charge in [0, 0.05) is 17.7 Å². The van der Waals surface area contributed by atoms with Crippen molar-refractivity contribution in [3.05, 3.63) is 96.6 Å². The van der Waals surface area contributed by atoms with Gasteiger partial charge >= 0.3 is 0 Å². The number of benzene rings is 3. The Balaban J connectivity index is 1.52. The molecule has 3 aromatic carbocycles. The Labute approximate surface area is 173 Å². The van der Waals surface area contributed by atoms with E-state index in [1.807, 2.05) is 60.7 Å². The molecule has 0 saturated carbocycles. The second-order valence-corrected chi connectivity index (χ2v) is 6.72. The second-order valence-electron chi connectivity index (χ2n) is 6.72. The number of hydrogen-bond acceptors (Lipinski definition) is 3. The Morgan fingerprint density at radius 1 is 0.967 bits per heavy atom. The molecule has 6 heteroatoms. The third-order valence-corrected chi connectivity index (χ3v) is 4.69. The molecule has 148 valence electrons. The molecule has 0 unspecified atom stereocenters. The van der Waals surface area contributed by atoms with Gasteiger partial charge < -0.3 is 15.6 Å². The van der Waals surface area contributed by atoms with Crippen molar-refractivity contribution >= 4 is 28.5 Å². The quantitative estimate of drug-likeness (QED) is 0.425. The van der Waals surface area contributed by atoms with Gasteiger partial charge in [0.25, 0.3) is 5.91 Å². The number of nitrogens with one attached hydrogen (secondary N) is 3. The van der Waals surface area contributed by atoms with E-state index in [1.165, 1.54) is 6.08 Å². The average molecular weight is 396 g/mol. The van der Waals surface area contributed by atoms with Gasteiger partial charge in [0.2, 0.25) is 5.91 Å². The molecule has 0 aliphatic rings. The second kappa shape index (κ2) is 8.45. The average Bonchev–Trinajstić information content (AvgIpc) is 3.22. The molecule has 4 rings (SSSR count). The number of fused-ring (bicyclic) bond motifs is 1. The Morgan fingerprint density at radius 2 is 1.70 bits per heavy atom. The molecule has 0 saturated heterocycles. The lowest BCUT2D eigenvalue weighted by Gasteiger charge is -2.10. The van der Waals surface area contributed by atoms with E-state index in [4.69, 9.17) is 0 Å². The summed E-state index contributed by atoms with van der Waals surface area (Å²) in [6, 6.07) is 22.4. The zero-order valence-corrected chi connectivity index (χ0v) is 16.2. The Hall–Kier alpha value is -4.19. The minimum atomic E-state index is -0.237. The van der Waals surface area contributed by atoms with Crippen molar-refractivity contribution in [3.8, 4) is 11.4 Å². The van der Waals surface area contributed by atoms with Gasteiger partial charge in [0.15, 0.2) is 0 Å². The summed E-state index contributed by atoms with van der Waals surface area (Å²) in [5.41, 5.74) is 4.70. The maximum absolute atomic E-state index is 12.8. The summed E-state index contributed by atoms with van der Waals surface area (Å²) in [5.74, 6) is 0.236. The van der Waals surface area contributed by atoms with Crippen LogP contribution in [0.5, 0.6) is 0 Å². The summed E-state index contributed by atoms with van der Waals surface area (Å²) >= 11 is 0. The van der Waals surface area contributed by atoms with Gasteiger partial charge in [-0.2, -0.15) is 0 Å². The van der Waals surface area contributed by atoms with Crippen LogP contribution < -0.4 is 10.6 Å². The molecule has 0 aliphatic heterocycles. The van der Waals surface area contributed by atoms with Crippen LogP contribution in [0, 0.1) is 0 Å². The number of aromatic nitrogens is 2. The Kier molecular flexibility index (Phi) is 5.39. The van der Waals surface area contributed by atoms with Gasteiger partial charge in [-0.1, -0.05) is 43.0 Å². The van der Waals surface area contributed by atoms with E-state index in [1.54, 1.807) is 12.1 Å². The van der Waals surface area contributed by atoms with E-state index in [0.29, 0.717) is 23.6 Å². The fourth-order valence-electron chi connectivity index (χ4n) is 3.11. The molecular formula is C24H20N4O2. The zero-order chi connectivity index (χ0) is 20.9. The van der Waals surface area contributed by atoms with Crippen molar-refractivity contribution in [3.63, 3.8) is 0 Å². The largest absolute Gasteiger partial charge is 0.348 e. The fraction of sp³-hybridized carbons (Fsp3) is 0.0417. The Morgan fingerprint density at radius 3 is 2.47 bits per heavy atom. The number of amides is 2. The van der Waals surface area contributed by atoms with Crippen molar-refractivity contribution in [2.45, 2.75) is 6.54 Å². The molecule has 0 spiro atoms. The molecule has 6 nitrogen and oxygen atoms in total. The summed E-state index contributed by atoms with van der Waals surface area (Å²) in [6.45, 7) is 3.80. The minimum absolute atomic E-state index is 0.222. The molecule has 1 aromatic heterocycles. The first-order valence-corrected chi connectivity index (χ1v) is 9.49. The predicted octanol–water partition coefficient (Wildman–Crippen LogP) is 4.28. The third kappa shape index (κ3) is 4.12. The number of anilines is 1. The topological polar surface area (TPSA) is 86.9 Å². The number of imidazole rings is 1. The standard InChI is InChI=1S/C24H20N4O2/c1-2-22(29)25-15-16-11-13-17(14-12-16)24(30)28-19-8-4-3-7-18(19)23-26-20-9-5-6-10-21(20)27-23/h2-14H,1,15H2,(H,25,29)(H,26,27)(H,28,30). The highest BCUT2D eigenvalue weighted by Crippen LogP contribution is 2.27. The van der Waals surface area contributed by atoms with E-state index in [2.05, 4.69) is 27.2 Å². The number of para-hydroxylation sites is 3. The lowest BCUT2D eigenvalue weighted by Crippen LogP contribution is -2.20. The normalized spacial score (nSPS) is 10.5. The molecule has 0 radical (unpaired) electrons. The van der Waals surface area contributed by atoms with Crippen LogP contribution in [0.3, 0.4) is 0 Å². The number of carbonyl (C=O) groups excluding carboxylic acids is 2. The lowest BCUT2D eigenvalue weighted by molar-refractivity contribution is -0.116. The summed E-state index contributed by atoms with van der Waals surface area (Å²) in [5, 5.41) is 5.67. The first-order chi connectivity index (χ1) is 14.6. The van der Waals surface area contributed by atoms with E-state index in [9.17, 15) is 9.59 Å². The van der Waals surface area contributed by atoms with Gasteiger partial charge in [-0.05, 0) is 48.0 Å². The highest BCUT2D eigenvalue weighted by molar-refractivity contribution is 6.06. The number of nitrogens with zero attached hydrogens (tertiary/aromatic N) is 1. The van der Waals surface area contributed by atoms with E-state index < -0.39 is 0 Å². The SMILES string of the molecule is C=CC(=O)NCc1ccc(C(=O)Nc2ccccc2-c2nc3ccccc3[nH]2)cc1. The summed E-state index contributed by atoms with van der Waals surface area (Å²) in [6.07, 6.45) is 1.22. The van der Waals surface area contributed by atoms with Crippen molar-refractivity contribution < 1.29 is 9.59 Å². The van der Waals surface area contributed by atoms with Crippen molar-refractivity contribution in [2.75, 3.05) is 5.32 Å². The molecule has 0 atom stereocenters. The maximum Gasteiger partial charge on any atom is 0.255 e. The number of aromatic amines is 1. The molecule has 3 N–H and O–H groups in total. The molecule has 1 heterocycles. The predicted molar refractivity (Wildman–Crippen MR) is 118 cm³/mol. The molecule has 0 aliphatic carbocycles. The van der Waals surface area contributed by atoms with Gasteiger partial charge in [0.1, 0.15) is 5.82 Å². The van der Waals surface area contributed by atoms with Gasteiger partial charge in [0.05, 0.1) is 16.7 Å². The molecule has 30 heavy (non-hydrogen) atoms. The van der Waals surface area contributed by atoms with Crippen molar-refractivity contribution in [1.29, 1.82) is 0 Å². The number of rotatable bonds is 6. The van der Waals surface area contributed by atoms with Crippen LogP contribution in [0.4, 0.5) is 5.69 Å². The lowest BCUT2D eigenvalue weighted by atomic mass is 10.1. The van der Waals surface area contributed by atoms with Gasteiger partial charge in [-0.25, -0.2) is 4.98 Å². The van der Waals surface area contributed by atoms with Crippen LogP contribution in [-0.2, 0) is 11.3 Å². The van der Waals surface area contributed by atoms with E-state index >= 15 is 0 Å². The Bertz CT molecular complexity index is 1190. The smallest absolute Gasteiger partial charge is 0.255 e. The summed E-state index contributed by atoms with van der Waals surface area (Å²) in [7, 11) is 0. The van der Waals surface area contributed by atoms with Crippen LogP contribution in [0.1, 0.15) is 15.9 Å². The minimum Gasteiger partial charge on any atom is -0.348 e. The monoisotopic (exact) mass is 396 g/mol. The fourth-order valence-corrected chi connectivity index (χ4v) is 3.11. The first kappa shape index (κ1) is 19.1. The van der Waals surface area contributed by atoms with Crippen LogP contribution in [-0.4, -0.2) is 21.8 Å². The molecule has 2 amide bonds. The van der Waals surface area contributed by atoms with Crippen LogP contribution in [0.2, 0.25) is 0 Å². The van der Waals surface area contributed by atoms with Crippen LogP contribution >= 0.6 is 0 Å². The number of H-pyrrole nitrogens is 1. The summed E-state index contributed by atoms with van der Waals surface area (Å²) < 4.78 is 0. The van der Waals surface area contributed by atoms with Crippen LogP contribution in [0.15, 0.2) is 85.5 Å². The molecule has 0 fully saturated rings. The van der Waals surface area contributed by atoms with Gasteiger partial charge in [-0.3, -0.25) is 9.59 Å². The van der Waals surface area contributed by atoms with Crippen LogP contribution in [0.25, 0.3) is 22.4 Å². The first-order valence-electron chi connectivity index (χ1n) is 9.49. The van der Waals surface area contributed by atoms with Gasteiger partial charge in [-0.15, -0.1) is 0 Å². The highest BCUT2D eigenvalue weighted by atomic mass is 16.2. The number of carbonyl (C=O) groups is 2. The number of hydrogen-bond donors (Lipinski definition) is 3. The van der Waals surface area contributed by atoms with E-state index in [0.717, 1.165) is 22.2 Å². The highest BCUT2D eigenvalue weighted by Gasteiger charge is 2.13. The maximum atomic E-state index is 12.8.